The van der Waals surface area contributed by atoms with Gasteiger partial charge in [0.15, 0.2) is 5.82 Å². The highest BCUT2D eigenvalue weighted by Crippen LogP contribution is 2.39. The van der Waals surface area contributed by atoms with Gasteiger partial charge in [0.25, 0.3) is 0 Å². The largest absolute Gasteiger partial charge is 0.393 e. The smallest absolute Gasteiger partial charge is 0.232 e. The van der Waals surface area contributed by atoms with E-state index in [0.29, 0.717) is 5.89 Å². The van der Waals surface area contributed by atoms with Crippen molar-refractivity contribution in [2.24, 2.45) is 0 Å². The second-order valence-electron chi connectivity index (χ2n) is 5.20. The van der Waals surface area contributed by atoms with Crippen molar-refractivity contribution in [3.8, 4) is 0 Å². The zero-order valence-corrected chi connectivity index (χ0v) is 11.2. The molecule has 0 fully saturated rings. The Kier molecular flexibility index (Phi) is 3.11. The first kappa shape index (κ1) is 12.4. The van der Waals surface area contributed by atoms with Crippen LogP contribution in [0.5, 0.6) is 0 Å². The van der Waals surface area contributed by atoms with Gasteiger partial charge in [0, 0.05) is 0 Å². The summed E-state index contributed by atoms with van der Waals surface area (Å²) in [5.74, 6) is 1.47. The Balaban J connectivity index is 1.84. The zero-order chi connectivity index (χ0) is 13.4. The molecule has 1 aliphatic carbocycles. The summed E-state index contributed by atoms with van der Waals surface area (Å²) in [7, 11) is 0. The fourth-order valence-corrected chi connectivity index (χ4v) is 2.75. The van der Waals surface area contributed by atoms with Gasteiger partial charge in [-0.05, 0) is 30.9 Å². The molecule has 0 bridgehead atoms. The predicted molar refractivity (Wildman–Crippen MR) is 71.0 cm³/mol. The van der Waals surface area contributed by atoms with E-state index in [4.69, 9.17) is 4.52 Å². The minimum atomic E-state index is -0.466. The van der Waals surface area contributed by atoms with Crippen LogP contribution in [-0.4, -0.2) is 21.4 Å². The van der Waals surface area contributed by atoms with Gasteiger partial charge in [-0.15, -0.1) is 0 Å². The number of nitrogens with zero attached hydrogens (tertiary/aromatic N) is 2. The van der Waals surface area contributed by atoms with E-state index in [9.17, 15) is 5.11 Å². The van der Waals surface area contributed by atoms with Gasteiger partial charge in [0.2, 0.25) is 5.89 Å². The quantitative estimate of drug-likeness (QED) is 0.915. The van der Waals surface area contributed by atoms with E-state index in [-0.39, 0.29) is 11.8 Å². The summed E-state index contributed by atoms with van der Waals surface area (Å²) in [5.41, 5.74) is 2.65. The van der Waals surface area contributed by atoms with Crippen molar-refractivity contribution in [2.45, 2.75) is 44.6 Å². The Bertz CT molecular complexity index is 577. The van der Waals surface area contributed by atoms with Crippen LogP contribution in [0.15, 0.2) is 28.8 Å². The van der Waals surface area contributed by atoms with Crippen LogP contribution in [0.2, 0.25) is 0 Å². The van der Waals surface area contributed by atoms with Crippen molar-refractivity contribution >= 4 is 0 Å². The van der Waals surface area contributed by atoms with Crippen LogP contribution in [0, 0.1) is 0 Å². The summed E-state index contributed by atoms with van der Waals surface area (Å²) in [6.45, 7) is 3.77. The summed E-state index contributed by atoms with van der Waals surface area (Å²) >= 11 is 0. The molecule has 1 heterocycles. The molecule has 0 spiro atoms. The zero-order valence-electron chi connectivity index (χ0n) is 11.2. The van der Waals surface area contributed by atoms with Crippen LogP contribution in [0.1, 0.15) is 54.9 Å². The Morgan fingerprint density at radius 2 is 2.21 bits per heavy atom. The fraction of sp³-hybridized carbons (Fsp3) is 0.467. The maximum Gasteiger partial charge on any atom is 0.232 e. The number of hydrogen-bond donors (Lipinski definition) is 1. The summed E-state index contributed by atoms with van der Waals surface area (Å²) in [6.07, 6.45) is 1.30. The Morgan fingerprint density at radius 1 is 1.42 bits per heavy atom. The van der Waals surface area contributed by atoms with E-state index >= 15 is 0 Å². The first-order chi connectivity index (χ1) is 9.20. The van der Waals surface area contributed by atoms with E-state index < -0.39 is 6.10 Å². The molecule has 100 valence electrons. The normalized spacial score (nSPS) is 20.5. The highest BCUT2D eigenvalue weighted by molar-refractivity contribution is 5.43. The molecule has 1 N–H and O–H groups in total. The van der Waals surface area contributed by atoms with Crippen molar-refractivity contribution in [1.82, 2.24) is 10.1 Å². The summed E-state index contributed by atoms with van der Waals surface area (Å²) < 4.78 is 5.33. The van der Waals surface area contributed by atoms with Gasteiger partial charge < -0.3 is 9.63 Å². The highest BCUT2D eigenvalue weighted by Gasteiger charge is 2.32. The number of aliphatic hydroxyl groups is 1. The van der Waals surface area contributed by atoms with E-state index in [1.54, 1.807) is 6.92 Å². The van der Waals surface area contributed by atoms with Gasteiger partial charge in [-0.2, -0.15) is 4.98 Å². The molecule has 19 heavy (non-hydrogen) atoms. The van der Waals surface area contributed by atoms with Crippen molar-refractivity contribution in [2.75, 3.05) is 0 Å². The molecule has 1 aromatic heterocycles. The number of rotatable bonds is 4. The van der Waals surface area contributed by atoms with Crippen LogP contribution < -0.4 is 0 Å². The third-order valence-corrected chi connectivity index (χ3v) is 3.96. The maximum absolute atomic E-state index is 9.71. The van der Waals surface area contributed by atoms with E-state index in [2.05, 4.69) is 28.3 Å². The van der Waals surface area contributed by atoms with Gasteiger partial charge in [0.05, 0.1) is 17.9 Å². The van der Waals surface area contributed by atoms with Crippen molar-refractivity contribution in [3.63, 3.8) is 0 Å². The molecule has 4 nitrogen and oxygen atoms in total. The topological polar surface area (TPSA) is 59.2 Å². The standard InChI is InChI=1S/C15H18N2O2/c1-3-11(9(2)18)15-16-14(17-19-15)13-8-10-6-4-5-7-12(10)13/h4-7,9,11,13,18H,3,8H2,1-2H3. The molecule has 3 unspecified atom stereocenters. The average Bonchev–Trinajstić information content (AvgIpc) is 2.80. The molecular formula is C15H18N2O2. The predicted octanol–water partition coefficient (Wildman–Crippen LogP) is 2.63. The van der Waals surface area contributed by atoms with Gasteiger partial charge in [-0.25, -0.2) is 0 Å². The van der Waals surface area contributed by atoms with Gasteiger partial charge in [-0.3, -0.25) is 0 Å². The number of fused-ring (bicyclic) bond motifs is 1. The first-order valence-corrected chi connectivity index (χ1v) is 6.80. The molecule has 0 radical (unpaired) electrons. The third kappa shape index (κ3) is 2.06. The van der Waals surface area contributed by atoms with Crippen LogP contribution in [-0.2, 0) is 6.42 Å². The summed E-state index contributed by atoms with van der Waals surface area (Å²) in [4.78, 5) is 4.49. The number of benzene rings is 1. The lowest BCUT2D eigenvalue weighted by atomic mass is 9.77. The summed E-state index contributed by atoms with van der Waals surface area (Å²) in [6, 6.07) is 8.34. The molecule has 1 aromatic carbocycles. The molecule has 3 atom stereocenters. The minimum Gasteiger partial charge on any atom is -0.393 e. The Hall–Kier alpha value is -1.68. The number of aromatic nitrogens is 2. The third-order valence-electron chi connectivity index (χ3n) is 3.96. The van der Waals surface area contributed by atoms with E-state index in [1.807, 2.05) is 13.0 Å². The molecule has 0 amide bonds. The molecule has 3 rings (SSSR count). The monoisotopic (exact) mass is 258 g/mol. The molecule has 2 aromatic rings. The molecular weight excluding hydrogens is 240 g/mol. The number of aliphatic hydroxyl groups excluding tert-OH is 1. The van der Waals surface area contributed by atoms with Crippen molar-refractivity contribution in [1.29, 1.82) is 0 Å². The fourth-order valence-electron chi connectivity index (χ4n) is 2.75. The van der Waals surface area contributed by atoms with Gasteiger partial charge >= 0.3 is 0 Å². The summed E-state index contributed by atoms with van der Waals surface area (Å²) in [5, 5.41) is 13.8. The van der Waals surface area contributed by atoms with Crippen molar-refractivity contribution < 1.29 is 9.63 Å². The molecule has 0 saturated carbocycles. The van der Waals surface area contributed by atoms with Gasteiger partial charge in [0.1, 0.15) is 0 Å². The van der Waals surface area contributed by atoms with Crippen LogP contribution in [0.4, 0.5) is 0 Å². The van der Waals surface area contributed by atoms with E-state index in [0.717, 1.165) is 18.7 Å². The van der Waals surface area contributed by atoms with Gasteiger partial charge in [-0.1, -0.05) is 36.3 Å². The van der Waals surface area contributed by atoms with Crippen LogP contribution >= 0.6 is 0 Å². The highest BCUT2D eigenvalue weighted by atomic mass is 16.5. The molecule has 0 saturated heterocycles. The van der Waals surface area contributed by atoms with Crippen LogP contribution in [0.25, 0.3) is 0 Å². The molecule has 0 aliphatic heterocycles. The van der Waals surface area contributed by atoms with Crippen LogP contribution in [0.3, 0.4) is 0 Å². The lowest BCUT2D eigenvalue weighted by molar-refractivity contribution is 0.141. The second kappa shape index (κ2) is 4.78. The lowest BCUT2D eigenvalue weighted by Crippen LogP contribution is -2.19. The first-order valence-electron chi connectivity index (χ1n) is 6.80. The molecule has 4 heteroatoms. The molecule has 1 aliphatic rings. The van der Waals surface area contributed by atoms with Crippen molar-refractivity contribution in [3.05, 3.63) is 47.1 Å². The van der Waals surface area contributed by atoms with E-state index in [1.165, 1.54) is 11.1 Å². The minimum absolute atomic E-state index is 0.0726. The lowest BCUT2D eigenvalue weighted by Gasteiger charge is -2.27. The maximum atomic E-state index is 9.71. The Morgan fingerprint density at radius 3 is 2.89 bits per heavy atom. The number of hydrogen-bond acceptors (Lipinski definition) is 4. The SMILES string of the molecule is CCC(c1nc(C2Cc3ccccc32)no1)C(C)O. The second-order valence-corrected chi connectivity index (χ2v) is 5.20. The Labute approximate surface area is 112 Å². The average molecular weight is 258 g/mol.